The van der Waals surface area contributed by atoms with Crippen LogP contribution in [0.4, 0.5) is 5.95 Å². The predicted octanol–water partition coefficient (Wildman–Crippen LogP) is 0.452. The molecule has 7 nitrogen and oxygen atoms in total. The summed E-state index contributed by atoms with van der Waals surface area (Å²) < 4.78 is 1.42. The molecule has 0 radical (unpaired) electrons. The Bertz CT molecular complexity index is 693. The highest BCUT2D eigenvalue weighted by Gasteiger charge is 2.24. The molecular weight excluding hydrogens is 256 g/mol. The van der Waals surface area contributed by atoms with E-state index in [0.29, 0.717) is 11.6 Å². The molecule has 2 aromatic rings. The first-order chi connectivity index (χ1) is 9.56. The van der Waals surface area contributed by atoms with Crippen LogP contribution in [0.25, 0.3) is 0 Å². The van der Waals surface area contributed by atoms with Crippen molar-refractivity contribution in [1.82, 2.24) is 20.3 Å². The van der Waals surface area contributed by atoms with Crippen LogP contribution in [0.15, 0.2) is 29.1 Å². The minimum atomic E-state index is -0.200. The Labute approximate surface area is 116 Å². The zero-order chi connectivity index (χ0) is 14.3. The second-order valence-electron chi connectivity index (χ2n) is 4.89. The van der Waals surface area contributed by atoms with Gasteiger partial charge in [0, 0.05) is 7.05 Å². The van der Waals surface area contributed by atoms with Crippen molar-refractivity contribution in [2.24, 2.45) is 0 Å². The Kier molecular flexibility index (Phi) is 2.90. The molecule has 0 bridgehead atoms. The van der Waals surface area contributed by atoms with Crippen molar-refractivity contribution in [3.8, 4) is 0 Å². The fourth-order valence-corrected chi connectivity index (χ4v) is 2.11. The standard InChI is InChI=1S/C13H16N6O/c1-8-4-6-10(7-5-8)11-16-18(3)13-15-14-9(2)12(20)19(13)17-11/h4-7,11,16-17H,1-3H3. The van der Waals surface area contributed by atoms with Gasteiger partial charge in [0.15, 0.2) is 0 Å². The molecule has 1 aliphatic heterocycles. The molecule has 3 rings (SSSR count). The van der Waals surface area contributed by atoms with E-state index >= 15 is 0 Å². The van der Waals surface area contributed by atoms with Crippen LogP contribution in [-0.2, 0) is 0 Å². The average molecular weight is 272 g/mol. The Hall–Kier alpha value is -2.41. The molecule has 7 heteroatoms. The maximum Gasteiger partial charge on any atom is 0.295 e. The molecule has 20 heavy (non-hydrogen) atoms. The first-order valence-corrected chi connectivity index (χ1v) is 6.35. The lowest BCUT2D eigenvalue weighted by atomic mass is 10.1. The second kappa shape index (κ2) is 4.61. The smallest absolute Gasteiger partial charge is 0.295 e. The van der Waals surface area contributed by atoms with Crippen LogP contribution in [0.1, 0.15) is 23.0 Å². The fraction of sp³-hybridized carbons (Fsp3) is 0.308. The van der Waals surface area contributed by atoms with Gasteiger partial charge in [-0.15, -0.1) is 10.2 Å². The topological polar surface area (TPSA) is 75.1 Å². The van der Waals surface area contributed by atoms with E-state index in [2.05, 4.69) is 21.0 Å². The summed E-state index contributed by atoms with van der Waals surface area (Å²) in [5.41, 5.74) is 8.73. The quantitative estimate of drug-likeness (QED) is 0.785. The molecule has 1 aromatic heterocycles. The molecule has 2 heterocycles. The molecule has 1 unspecified atom stereocenters. The highest BCUT2D eigenvalue weighted by Crippen LogP contribution is 2.18. The number of nitrogens with one attached hydrogen (secondary N) is 2. The van der Waals surface area contributed by atoms with Crippen molar-refractivity contribution >= 4 is 5.95 Å². The van der Waals surface area contributed by atoms with Gasteiger partial charge in [-0.2, -0.15) is 4.68 Å². The van der Waals surface area contributed by atoms with Gasteiger partial charge in [-0.05, 0) is 19.4 Å². The summed E-state index contributed by atoms with van der Waals surface area (Å²) in [5.74, 6) is 0.434. The van der Waals surface area contributed by atoms with Crippen LogP contribution in [0.5, 0.6) is 0 Å². The lowest BCUT2D eigenvalue weighted by Gasteiger charge is -2.35. The van der Waals surface area contributed by atoms with Crippen LogP contribution in [0.2, 0.25) is 0 Å². The van der Waals surface area contributed by atoms with E-state index in [1.807, 2.05) is 31.2 Å². The third kappa shape index (κ3) is 2.01. The van der Waals surface area contributed by atoms with Crippen LogP contribution < -0.4 is 21.4 Å². The second-order valence-corrected chi connectivity index (χ2v) is 4.89. The van der Waals surface area contributed by atoms with E-state index in [1.54, 1.807) is 19.0 Å². The van der Waals surface area contributed by atoms with Crippen LogP contribution in [0, 0.1) is 13.8 Å². The Morgan fingerprint density at radius 3 is 2.50 bits per heavy atom. The van der Waals surface area contributed by atoms with Crippen molar-refractivity contribution in [2.45, 2.75) is 20.0 Å². The summed E-state index contributed by atoms with van der Waals surface area (Å²) in [6.45, 7) is 3.68. The van der Waals surface area contributed by atoms with E-state index in [9.17, 15) is 4.79 Å². The van der Waals surface area contributed by atoms with Crippen molar-refractivity contribution in [1.29, 1.82) is 0 Å². The number of nitrogens with zero attached hydrogens (tertiary/aromatic N) is 4. The van der Waals surface area contributed by atoms with Crippen LogP contribution in [0.3, 0.4) is 0 Å². The number of rotatable bonds is 1. The zero-order valence-electron chi connectivity index (χ0n) is 11.6. The first kappa shape index (κ1) is 12.6. The molecule has 1 aliphatic rings. The number of benzene rings is 1. The minimum Gasteiger partial charge on any atom is -0.297 e. The highest BCUT2D eigenvalue weighted by atomic mass is 16.1. The first-order valence-electron chi connectivity index (χ1n) is 6.35. The van der Waals surface area contributed by atoms with E-state index in [0.717, 1.165) is 5.56 Å². The SMILES string of the molecule is Cc1ccc(C2NN(C)c3nnc(C)c(=O)n3N2)cc1. The van der Waals surface area contributed by atoms with E-state index < -0.39 is 0 Å². The number of hydrazine groups is 1. The molecule has 0 spiro atoms. The van der Waals surface area contributed by atoms with Gasteiger partial charge in [0.05, 0.1) is 0 Å². The maximum atomic E-state index is 12.1. The zero-order valence-corrected chi connectivity index (χ0v) is 11.6. The van der Waals surface area contributed by atoms with Gasteiger partial charge in [-0.25, -0.2) is 5.43 Å². The predicted molar refractivity (Wildman–Crippen MR) is 75.8 cm³/mol. The summed E-state index contributed by atoms with van der Waals surface area (Å²) in [4.78, 5) is 12.1. The molecule has 0 amide bonds. The molecule has 1 aromatic carbocycles. The number of fused-ring (bicyclic) bond motifs is 1. The molecule has 104 valence electrons. The third-order valence-corrected chi connectivity index (χ3v) is 3.29. The monoisotopic (exact) mass is 272 g/mol. The number of hydrogen-bond acceptors (Lipinski definition) is 6. The summed E-state index contributed by atoms with van der Waals surface area (Å²) >= 11 is 0. The molecule has 0 fully saturated rings. The summed E-state index contributed by atoms with van der Waals surface area (Å²) in [7, 11) is 1.80. The van der Waals surface area contributed by atoms with Crippen molar-refractivity contribution in [3.63, 3.8) is 0 Å². The summed E-state index contributed by atoms with van der Waals surface area (Å²) in [6.07, 6.45) is -0.200. The largest absolute Gasteiger partial charge is 0.297 e. The summed E-state index contributed by atoms with van der Waals surface area (Å²) in [6, 6.07) is 8.11. The van der Waals surface area contributed by atoms with Gasteiger partial charge in [0.2, 0.25) is 0 Å². The average Bonchev–Trinajstić information content (AvgIpc) is 2.44. The normalized spacial score (nSPS) is 17.6. The Morgan fingerprint density at radius 1 is 1.10 bits per heavy atom. The van der Waals surface area contributed by atoms with Gasteiger partial charge < -0.3 is 0 Å². The maximum absolute atomic E-state index is 12.1. The molecule has 1 atom stereocenters. The van der Waals surface area contributed by atoms with Crippen molar-refractivity contribution in [3.05, 3.63) is 51.4 Å². The minimum absolute atomic E-state index is 0.194. The van der Waals surface area contributed by atoms with Gasteiger partial charge in [-0.3, -0.25) is 15.2 Å². The van der Waals surface area contributed by atoms with Gasteiger partial charge in [0.25, 0.3) is 11.5 Å². The molecule has 0 aliphatic carbocycles. The van der Waals surface area contributed by atoms with Gasteiger partial charge in [-0.1, -0.05) is 29.8 Å². The number of hydrogen-bond donors (Lipinski definition) is 2. The lowest BCUT2D eigenvalue weighted by molar-refractivity contribution is 0.461. The molecule has 0 saturated carbocycles. The number of anilines is 1. The van der Waals surface area contributed by atoms with Crippen LogP contribution in [-0.4, -0.2) is 21.9 Å². The molecule has 2 N–H and O–H groups in total. The number of aryl methyl sites for hydroxylation is 2. The van der Waals surface area contributed by atoms with Crippen LogP contribution >= 0.6 is 0 Å². The lowest BCUT2D eigenvalue weighted by Crippen LogP contribution is -2.54. The third-order valence-electron chi connectivity index (χ3n) is 3.29. The van der Waals surface area contributed by atoms with E-state index in [1.165, 1.54) is 10.2 Å². The van der Waals surface area contributed by atoms with E-state index in [4.69, 9.17) is 0 Å². The molecular formula is C13H16N6O. The van der Waals surface area contributed by atoms with E-state index in [-0.39, 0.29) is 11.7 Å². The Morgan fingerprint density at radius 2 is 1.80 bits per heavy atom. The summed E-state index contributed by atoms with van der Waals surface area (Å²) in [5, 5.41) is 9.55. The number of aromatic nitrogens is 3. The molecule has 0 saturated heterocycles. The highest BCUT2D eigenvalue weighted by molar-refractivity contribution is 5.34. The van der Waals surface area contributed by atoms with Crippen molar-refractivity contribution < 1.29 is 0 Å². The van der Waals surface area contributed by atoms with Gasteiger partial charge >= 0.3 is 0 Å². The Balaban J connectivity index is 2.01. The fourth-order valence-electron chi connectivity index (χ4n) is 2.11. The van der Waals surface area contributed by atoms with Crippen molar-refractivity contribution in [2.75, 3.05) is 17.5 Å². The van der Waals surface area contributed by atoms with Gasteiger partial charge in [0.1, 0.15) is 11.9 Å².